The quantitative estimate of drug-likeness (QED) is 0.432. The molecule has 2 aromatic heterocycles. The van der Waals surface area contributed by atoms with Crippen LogP contribution in [0.4, 0.5) is 5.95 Å². The van der Waals surface area contributed by atoms with Gasteiger partial charge in [-0.15, -0.1) is 11.3 Å². The van der Waals surface area contributed by atoms with E-state index in [1.54, 1.807) is 13.8 Å². The van der Waals surface area contributed by atoms with Crippen LogP contribution in [0.5, 0.6) is 0 Å². The lowest BCUT2D eigenvalue weighted by Gasteiger charge is -2.19. The maximum atomic E-state index is 11.3. The van der Waals surface area contributed by atoms with Gasteiger partial charge in [0.15, 0.2) is 4.34 Å². The molecule has 0 atom stereocenters. The Hall–Kier alpha value is -2.45. The molecule has 31 heavy (non-hydrogen) atoms. The number of rotatable bonds is 8. The largest absolute Gasteiger partial charge is 0.480 e. The molecule has 2 N–H and O–H groups in total. The molecule has 0 aliphatic rings. The number of aliphatic carboxylic acids is 1. The molecule has 1 aromatic carbocycles. The maximum absolute atomic E-state index is 11.3. The van der Waals surface area contributed by atoms with Gasteiger partial charge in [0.1, 0.15) is 4.75 Å². The number of carboxylic acid groups (broad SMARTS) is 1. The Labute approximate surface area is 191 Å². The van der Waals surface area contributed by atoms with Crippen molar-refractivity contribution >= 4 is 35.0 Å². The molecule has 0 saturated heterocycles. The fourth-order valence-electron chi connectivity index (χ4n) is 2.75. The number of thioether (sulfide) groups is 1. The second kappa shape index (κ2) is 9.36. The summed E-state index contributed by atoms with van der Waals surface area (Å²) in [5, 5.41) is 14.4. The Bertz CT molecular complexity index is 1020. The van der Waals surface area contributed by atoms with E-state index in [1.807, 2.05) is 17.8 Å². The van der Waals surface area contributed by atoms with Crippen LogP contribution in [-0.4, -0.2) is 37.3 Å². The van der Waals surface area contributed by atoms with Crippen molar-refractivity contribution in [1.29, 1.82) is 0 Å². The Balaban J connectivity index is 1.53. The number of aromatic nitrogens is 3. The smallest absolute Gasteiger partial charge is 0.319 e. The van der Waals surface area contributed by atoms with Gasteiger partial charge in [-0.3, -0.25) is 4.79 Å². The number of benzene rings is 1. The summed E-state index contributed by atoms with van der Waals surface area (Å²) in [4.78, 5) is 24.6. The highest BCUT2D eigenvalue weighted by Crippen LogP contribution is 2.34. The fourth-order valence-corrected chi connectivity index (χ4v) is 4.97. The minimum absolute atomic E-state index is 0.131. The number of nitrogens with one attached hydrogen (secondary N) is 1. The summed E-state index contributed by atoms with van der Waals surface area (Å²) in [5.74, 6) is -0.270. The van der Waals surface area contributed by atoms with Crippen molar-refractivity contribution in [3.8, 4) is 11.1 Å². The van der Waals surface area contributed by atoms with Gasteiger partial charge in [-0.05, 0) is 30.4 Å². The van der Waals surface area contributed by atoms with E-state index in [2.05, 4.69) is 65.3 Å². The van der Waals surface area contributed by atoms with Crippen molar-refractivity contribution in [2.24, 2.45) is 0 Å². The zero-order valence-electron chi connectivity index (χ0n) is 18.5. The van der Waals surface area contributed by atoms with E-state index in [9.17, 15) is 9.90 Å². The summed E-state index contributed by atoms with van der Waals surface area (Å²) in [7, 11) is 0. The molecular formula is C23H28N4O2S2. The van der Waals surface area contributed by atoms with Gasteiger partial charge in [-0.25, -0.2) is 15.0 Å². The van der Waals surface area contributed by atoms with Gasteiger partial charge in [-0.2, -0.15) is 0 Å². The molecule has 3 rings (SSSR count). The van der Waals surface area contributed by atoms with Crippen molar-refractivity contribution in [2.75, 3.05) is 11.9 Å². The minimum Gasteiger partial charge on any atom is -0.480 e. The minimum atomic E-state index is -0.893. The van der Waals surface area contributed by atoms with Gasteiger partial charge in [0.05, 0.1) is 5.69 Å². The van der Waals surface area contributed by atoms with Gasteiger partial charge < -0.3 is 10.4 Å². The summed E-state index contributed by atoms with van der Waals surface area (Å²) >= 11 is 2.74. The SMILES string of the molecule is CC(C)(Sc1nc(CCNc2ncc(-c3ccc(C(C)(C)C)cc3)cn2)cs1)C(=O)O. The van der Waals surface area contributed by atoms with E-state index in [4.69, 9.17) is 0 Å². The second-order valence-corrected chi connectivity index (χ2v) is 11.5. The van der Waals surface area contributed by atoms with Crippen LogP contribution in [0.1, 0.15) is 45.9 Å². The zero-order chi connectivity index (χ0) is 22.6. The first-order valence-corrected chi connectivity index (χ1v) is 11.8. The summed E-state index contributed by atoms with van der Waals surface area (Å²) in [5.41, 5.74) is 4.43. The molecule has 2 heterocycles. The van der Waals surface area contributed by atoms with Crippen LogP contribution >= 0.6 is 23.1 Å². The van der Waals surface area contributed by atoms with E-state index in [1.165, 1.54) is 28.7 Å². The van der Waals surface area contributed by atoms with Crippen LogP contribution < -0.4 is 5.32 Å². The third kappa shape index (κ3) is 6.27. The third-order valence-electron chi connectivity index (χ3n) is 4.79. The van der Waals surface area contributed by atoms with Crippen molar-refractivity contribution in [1.82, 2.24) is 15.0 Å². The second-order valence-electron chi connectivity index (χ2n) is 8.82. The highest BCUT2D eigenvalue weighted by molar-refractivity contribution is 8.02. The van der Waals surface area contributed by atoms with Gasteiger partial charge in [0.2, 0.25) is 5.95 Å². The van der Waals surface area contributed by atoms with Crippen LogP contribution in [0.2, 0.25) is 0 Å². The monoisotopic (exact) mass is 456 g/mol. The van der Waals surface area contributed by atoms with E-state index in [0.29, 0.717) is 18.9 Å². The van der Waals surface area contributed by atoms with Crippen molar-refractivity contribution in [2.45, 2.75) is 55.5 Å². The Morgan fingerprint density at radius 2 is 1.71 bits per heavy atom. The number of hydrogen-bond donors (Lipinski definition) is 2. The number of hydrogen-bond acceptors (Lipinski definition) is 7. The molecule has 0 unspecified atom stereocenters. The molecule has 0 saturated carbocycles. The molecule has 6 nitrogen and oxygen atoms in total. The lowest BCUT2D eigenvalue weighted by atomic mass is 9.86. The predicted octanol–water partition coefficient (Wildman–Crippen LogP) is 5.51. The summed E-state index contributed by atoms with van der Waals surface area (Å²) in [6.07, 6.45) is 4.37. The third-order valence-corrected chi connectivity index (χ3v) is 6.96. The molecule has 0 amide bonds. The van der Waals surface area contributed by atoms with Crippen molar-refractivity contribution in [3.05, 3.63) is 53.3 Å². The number of thiazole rings is 1. The Morgan fingerprint density at radius 3 is 2.29 bits per heavy atom. The highest BCUT2D eigenvalue weighted by Gasteiger charge is 2.29. The van der Waals surface area contributed by atoms with Crippen molar-refractivity contribution < 1.29 is 9.90 Å². The lowest BCUT2D eigenvalue weighted by molar-refractivity contribution is -0.138. The standard InChI is InChI=1S/C23H28N4O2S2/c1-22(2,3)17-8-6-15(7-9-17)16-12-25-20(26-13-16)24-11-10-18-14-30-21(27-18)31-23(4,5)19(28)29/h6-9,12-14H,10-11H2,1-5H3,(H,28,29)(H,24,25,26). The zero-order valence-corrected chi connectivity index (χ0v) is 20.1. The van der Waals surface area contributed by atoms with E-state index in [0.717, 1.165) is 21.2 Å². The normalized spacial score (nSPS) is 12.0. The average molecular weight is 457 g/mol. The Kier molecular flexibility index (Phi) is 7.01. The topological polar surface area (TPSA) is 88.0 Å². The van der Waals surface area contributed by atoms with E-state index < -0.39 is 10.7 Å². The maximum Gasteiger partial charge on any atom is 0.319 e. The number of anilines is 1. The highest BCUT2D eigenvalue weighted by atomic mass is 32.2. The molecule has 0 aliphatic carbocycles. The first kappa shape index (κ1) is 23.2. The first-order valence-electron chi connectivity index (χ1n) is 10.1. The molecule has 0 spiro atoms. The van der Waals surface area contributed by atoms with Crippen LogP contribution in [-0.2, 0) is 16.6 Å². The summed E-state index contributed by atoms with van der Waals surface area (Å²) in [6.45, 7) is 10.6. The van der Waals surface area contributed by atoms with Gasteiger partial charge in [0, 0.05) is 36.3 Å². The molecule has 8 heteroatoms. The van der Waals surface area contributed by atoms with Crippen LogP contribution in [0.15, 0.2) is 46.4 Å². The fraction of sp³-hybridized carbons (Fsp3) is 0.391. The summed E-state index contributed by atoms with van der Waals surface area (Å²) < 4.78 is -0.128. The van der Waals surface area contributed by atoms with Crippen LogP contribution in [0.3, 0.4) is 0 Å². The molecule has 0 radical (unpaired) electrons. The van der Waals surface area contributed by atoms with Gasteiger partial charge >= 0.3 is 5.97 Å². The molecule has 0 bridgehead atoms. The molecule has 0 aliphatic heterocycles. The van der Waals surface area contributed by atoms with E-state index >= 15 is 0 Å². The van der Waals surface area contributed by atoms with Crippen LogP contribution in [0.25, 0.3) is 11.1 Å². The molecular weight excluding hydrogens is 428 g/mol. The average Bonchev–Trinajstić information content (AvgIpc) is 3.14. The molecule has 164 valence electrons. The molecule has 0 fully saturated rings. The number of carboxylic acids is 1. The van der Waals surface area contributed by atoms with Gasteiger partial charge in [0.25, 0.3) is 0 Å². The predicted molar refractivity (Wildman–Crippen MR) is 128 cm³/mol. The van der Waals surface area contributed by atoms with E-state index in [-0.39, 0.29) is 5.41 Å². The Morgan fingerprint density at radius 1 is 1.06 bits per heavy atom. The van der Waals surface area contributed by atoms with Crippen molar-refractivity contribution in [3.63, 3.8) is 0 Å². The first-order chi connectivity index (χ1) is 14.5. The number of nitrogens with zero attached hydrogens (tertiary/aromatic N) is 3. The number of carbonyl (C=O) groups is 1. The van der Waals surface area contributed by atoms with Crippen LogP contribution in [0, 0.1) is 0 Å². The lowest BCUT2D eigenvalue weighted by Crippen LogP contribution is -2.26. The molecule has 3 aromatic rings. The van der Waals surface area contributed by atoms with Gasteiger partial charge in [-0.1, -0.05) is 56.8 Å². The summed E-state index contributed by atoms with van der Waals surface area (Å²) in [6, 6.07) is 8.52.